The first-order valence-electron chi connectivity index (χ1n) is 9.09. The van der Waals surface area contributed by atoms with Gasteiger partial charge >= 0.3 is 0 Å². The average molecular weight is 376 g/mol. The molecule has 4 heterocycles. The van der Waals surface area contributed by atoms with E-state index in [1.807, 2.05) is 21.7 Å². The Morgan fingerprint density at radius 3 is 2.79 bits per heavy atom. The molecule has 1 atom stereocenters. The van der Waals surface area contributed by atoms with E-state index in [9.17, 15) is 9.18 Å². The van der Waals surface area contributed by atoms with Crippen LogP contribution in [0.5, 0.6) is 0 Å². The van der Waals surface area contributed by atoms with Gasteiger partial charge in [-0.1, -0.05) is 0 Å². The molecule has 0 saturated carbocycles. The first kappa shape index (κ1) is 16.6. The minimum absolute atomic E-state index is 0.287. The lowest BCUT2D eigenvalue weighted by molar-refractivity contribution is -0.110. The van der Waals surface area contributed by atoms with Gasteiger partial charge in [0.1, 0.15) is 5.82 Å². The maximum absolute atomic E-state index is 13.3. The van der Waals surface area contributed by atoms with Crippen LogP contribution in [0.1, 0.15) is 18.3 Å². The van der Waals surface area contributed by atoms with Gasteiger partial charge in [0.25, 0.3) is 0 Å². The third-order valence-corrected chi connectivity index (χ3v) is 5.09. The predicted molar refractivity (Wildman–Crippen MR) is 102 cm³/mol. The number of benzene rings is 1. The Labute approximate surface area is 160 Å². The molecule has 0 saturated heterocycles. The standard InChI is InChI=1S/C20H17FN6O/c21-15-5-7-16(8-6-15)26-17-4-2-10-25(18(17)12-24-26)19(13-28)27-20-14(11-23-27)3-1-9-22-20/h1,3,5-9,11-13,19H,2,4,10H2/t19-/m0/s1. The highest BCUT2D eigenvalue weighted by Crippen LogP contribution is 2.33. The molecule has 0 unspecified atom stereocenters. The van der Waals surface area contributed by atoms with Crippen molar-refractivity contribution < 1.29 is 9.18 Å². The second-order valence-electron chi connectivity index (χ2n) is 6.72. The fraction of sp³-hybridized carbons (Fsp3) is 0.200. The maximum atomic E-state index is 13.3. The Bertz CT molecular complexity index is 1150. The van der Waals surface area contributed by atoms with Gasteiger partial charge in [0.05, 0.1) is 29.5 Å². The van der Waals surface area contributed by atoms with E-state index >= 15 is 0 Å². The van der Waals surface area contributed by atoms with Crippen LogP contribution in [0.15, 0.2) is 55.0 Å². The zero-order chi connectivity index (χ0) is 19.1. The van der Waals surface area contributed by atoms with Crippen molar-refractivity contribution in [2.24, 2.45) is 0 Å². The molecule has 1 aliphatic heterocycles. The number of hydrogen-bond donors (Lipinski definition) is 0. The van der Waals surface area contributed by atoms with E-state index in [1.54, 1.807) is 35.4 Å². The van der Waals surface area contributed by atoms with Crippen LogP contribution in [-0.4, -0.2) is 37.4 Å². The van der Waals surface area contributed by atoms with Crippen LogP contribution in [0.3, 0.4) is 0 Å². The highest BCUT2D eigenvalue weighted by molar-refractivity contribution is 5.76. The summed E-state index contributed by atoms with van der Waals surface area (Å²) in [5.41, 5.74) is 3.33. The summed E-state index contributed by atoms with van der Waals surface area (Å²) in [4.78, 5) is 18.5. The number of nitrogens with zero attached hydrogens (tertiary/aromatic N) is 6. The largest absolute Gasteiger partial charge is 0.341 e. The van der Waals surface area contributed by atoms with E-state index < -0.39 is 6.17 Å². The van der Waals surface area contributed by atoms with E-state index in [4.69, 9.17) is 0 Å². The smallest absolute Gasteiger partial charge is 0.181 e. The summed E-state index contributed by atoms with van der Waals surface area (Å²) in [6.07, 6.45) is 7.13. The zero-order valence-electron chi connectivity index (χ0n) is 14.9. The number of anilines is 1. The Balaban J connectivity index is 1.57. The predicted octanol–water partition coefficient (Wildman–Crippen LogP) is 2.91. The van der Waals surface area contributed by atoms with E-state index in [0.29, 0.717) is 12.2 Å². The molecule has 8 heteroatoms. The Hall–Kier alpha value is -3.55. The molecular weight excluding hydrogens is 359 g/mol. The van der Waals surface area contributed by atoms with E-state index in [1.165, 1.54) is 12.1 Å². The lowest BCUT2D eigenvalue weighted by atomic mass is 10.1. The van der Waals surface area contributed by atoms with Gasteiger partial charge in [-0.05, 0) is 49.2 Å². The molecular formula is C20H17FN6O. The van der Waals surface area contributed by atoms with Gasteiger partial charge in [-0.2, -0.15) is 10.2 Å². The summed E-state index contributed by atoms with van der Waals surface area (Å²) in [5.74, 6) is -0.287. The third kappa shape index (κ3) is 2.57. The molecule has 5 rings (SSSR count). The lowest BCUT2D eigenvalue weighted by Gasteiger charge is -2.33. The van der Waals surface area contributed by atoms with Gasteiger partial charge in [-0.3, -0.25) is 4.79 Å². The highest BCUT2D eigenvalue weighted by Gasteiger charge is 2.30. The number of pyridine rings is 1. The van der Waals surface area contributed by atoms with Crippen LogP contribution in [0.4, 0.5) is 10.1 Å². The van der Waals surface area contributed by atoms with Crippen LogP contribution in [-0.2, 0) is 11.2 Å². The summed E-state index contributed by atoms with van der Waals surface area (Å²) in [6.45, 7) is 0.708. The molecule has 0 radical (unpaired) electrons. The molecule has 140 valence electrons. The van der Waals surface area contributed by atoms with Crippen molar-refractivity contribution >= 4 is 23.0 Å². The Morgan fingerprint density at radius 1 is 1.11 bits per heavy atom. The van der Waals surface area contributed by atoms with E-state index in [-0.39, 0.29) is 5.82 Å². The highest BCUT2D eigenvalue weighted by atomic mass is 19.1. The fourth-order valence-corrected chi connectivity index (χ4v) is 3.79. The van der Waals surface area contributed by atoms with Gasteiger partial charge in [-0.25, -0.2) is 18.7 Å². The Morgan fingerprint density at radius 2 is 1.96 bits per heavy atom. The third-order valence-electron chi connectivity index (χ3n) is 5.09. The van der Waals surface area contributed by atoms with Crippen molar-refractivity contribution in [3.8, 4) is 5.69 Å². The summed E-state index contributed by atoms with van der Waals surface area (Å²) < 4.78 is 16.7. The number of fused-ring (bicyclic) bond motifs is 2. The summed E-state index contributed by atoms with van der Waals surface area (Å²) >= 11 is 0. The molecule has 0 spiro atoms. The lowest BCUT2D eigenvalue weighted by Crippen LogP contribution is -2.38. The summed E-state index contributed by atoms with van der Waals surface area (Å²) in [6, 6.07) is 9.99. The minimum atomic E-state index is -0.614. The second kappa shape index (κ2) is 6.56. The van der Waals surface area contributed by atoms with Gasteiger partial charge in [0.2, 0.25) is 0 Å². The molecule has 0 bridgehead atoms. The Kier molecular flexibility index (Phi) is 3.89. The van der Waals surface area contributed by atoms with Gasteiger partial charge < -0.3 is 4.90 Å². The van der Waals surface area contributed by atoms with Crippen molar-refractivity contribution in [3.05, 3.63) is 66.5 Å². The van der Waals surface area contributed by atoms with Crippen molar-refractivity contribution in [2.75, 3.05) is 11.4 Å². The van der Waals surface area contributed by atoms with Crippen LogP contribution in [0, 0.1) is 5.82 Å². The van der Waals surface area contributed by atoms with Crippen molar-refractivity contribution in [1.29, 1.82) is 0 Å². The maximum Gasteiger partial charge on any atom is 0.181 e. The molecule has 4 aromatic rings. The minimum Gasteiger partial charge on any atom is -0.341 e. The topological polar surface area (TPSA) is 68.8 Å². The number of hydrogen-bond acceptors (Lipinski definition) is 5. The fourth-order valence-electron chi connectivity index (χ4n) is 3.79. The van der Waals surface area contributed by atoms with Gasteiger partial charge in [-0.15, -0.1) is 0 Å². The van der Waals surface area contributed by atoms with E-state index in [0.717, 1.165) is 41.6 Å². The number of rotatable bonds is 4. The first-order valence-corrected chi connectivity index (χ1v) is 9.09. The van der Waals surface area contributed by atoms with Crippen LogP contribution < -0.4 is 4.90 Å². The zero-order valence-corrected chi connectivity index (χ0v) is 14.9. The first-order chi connectivity index (χ1) is 13.8. The molecule has 1 aliphatic rings. The molecule has 0 fully saturated rings. The van der Waals surface area contributed by atoms with Gasteiger partial charge in [0.15, 0.2) is 18.1 Å². The number of halogens is 1. The van der Waals surface area contributed by atoms with Crippen LogP contribution in [0.2, 0.25) is 0 Å². The molecule has 3 aromatic heterocycles. The average Bonchev–Trinajstić information content (AvgIpc) is 3.35. The van der Waals surface area contributed by atoms with E-state index in [2.05, 4.69) is 15.2 Å². The monoisotopic (exact) mass is 376 g/mol. The number of aldehydes is 1. The summed E-state index contributed by atoms with van der Waals surface area (Å²) in [7, 11) is 0. The van der Waals surface area contributed by atoms with Crippen LogP contribution in [0.25, 0.3) is 16.7 Å². The SMILES string of the molecule is O=C[C@@H](N1CCCc2c1cnn2-c1ccc(F)cc1)n1ncc2cccnc21. The molecule has 1 aromatic carbocycles. The van der Waals surface area contributed by atoms with Gasteiger partial charge in [0, 0.05) is 18.1 Å². The van der Waals surface area contributed by atoms with Crippen molar-refractivity contribution in [3.63, 3.8) is 0 Å². The number of carbonyl (C=O) groups is 1. The van der Waals surface area contributed by atoms with Crippen molar-refractivity contribution in [1.82, 2.24) is 24.5 Å². The normalized spacial score (nSPS) is 14.8. The molecule has 0 amide bonds. The summed E-state index contributed by atoms with van der Waals surface area (Å²) in [5, 5.41) is 9.78. The molecule has 0 N–H and O–H groups in total. The second-order valence-corrected chi connectivity index (χ2v) is 6.72. The van der Waals surface area contributed by atoms with Crippen molar-refractivity contribution in [2.45, 2.75) is 19.0 Å². The quantitative estimate of drug-likeness (QED) is 0.512. The van der Waals surface area contributed by atoms with Crippen LogP contribution >= 0.6 is 0 Å². The number of carbonyl (C=O) groups excluding carboxylic acids is 1. The molecule has 0 aliphatic carbocycles. The number of aromatic nitrogens is 5. The molecule has 28 heavy (non-hydrogen) atoms. The molecule has 7 nitrogen and oxygen atoms in total.